The molecule has 6 atom stereocenters. The van der Waals surface area contributed by atoms with Gasteiger partial charge < -0.3 is 39.0 Å². The van der Waals surface area contributed by atoms with E-state index in [0.717, 1.165) is 122 Å². The van der Waals surface area contributed by atoms with Crippen molar-refractivity contribution in [3.05, 3.63) is 85.1 Å². The molecule has 1 rings (SSSR count). The number of rotatable bonds is 49. The average Bonchev–Trinajstić information content (AvgIpc) is 3.39. The maximum absolute atomic E-state index is 13.1. The second kappa shape index (κ2) is 50.7. The standard InChI is InChI=1S/C63H104O12/c1-4-7-10-13-16-19-22-25-26-27-28-29-30-33-34-37-40-43-46-49-55(64)71-52-54(73-56(65)50-47-44-41-38-35-31-23-20-17-14-11-8-5-2)53-72-63-61(59(68)58(67)60(75-63)62(69)70)74-57(66)51-48-45-42-39-36-32-24-21-18-15-12-9-6-3/h8,11-12,15-17,19-21,24-26,31,35,54,58-61,63,67-68H,4-7,9-10,13-14,18,22-23,27-30,32-34,36-53H2,1-3H3,(H,69,70)/b11-8-,15-12-,19-16-,20-17-,24-21-,26-25-,35-31-. The van der Waals surface area contributed by atoms with Gasteiger partial charge >= 0.3 is 23.9 Å². The Kier molecular flexibility index (Phi) is 46.6. The molecule has 0 spiro atoms. The second-order valence-corrected chi connectivity index (χ2v) is 19.9. The first kappa shape index (κ1) is 68.9. The Balaban J connectivity index is 2.69. The lowest BCUT2D eigenvalue weighted by Crippen LogP contribution is -2.61. The van der Waals surface area contributed by atoms with Crippen LogP contribution in [0.15, 0.2) is 85.1 Å². The average molecular weight is 1050 g/mol. The van der Waals surface area contributed by atoms with E-state index >= 15 is 0 Å². The third-order valence-corrected chi connectivity index (χ3v) is 12.9. The van der Waals surface area contributed by atoms with Gasteiger partial charge in [0.15, 0.2) is 24.6 Å². The minimum atomic E-state index is -1.92. The van der Waals surface area contributed by atoms with Gasteiger partial charge in [-0.15, -0.1) is 0 Å². The lowest BCUT2D eigenvalue weighted by molar-refractivity contribution is -0.301. The molecular weight excluding hydrogens is 949 g/mol. The van der Waals surface area contributed by atoms with Crippen LogP contribution < -0.4 is 0 Å². The number of aliphatic carboxylic acids is 1. The molecule has 0 aromatic heterocycles. The minimum Gasteiger partial charge on any atom is -0.479 e. The molecule has 6 unspecified atom stereocenters. The molecule has 12 nitrogen and oxygen atoms in total. The van der Waals surface area contributed by atoms with E-state index in [9.17, 15) is 34.5 Å². The van der Waals surface area contributed by atoms with Gasteiger partial charge in [-0.1, -0.05) is 196 Å². The number of carbonyl (C=O) groups excluding carboxylic acids is 3. The van der Waals surface area contributed by atoms with E-state index in [-0.39, 0.29) is 25.9 Å². The van der Waals surface area contributed by atoms with E-state index < -0.39 is 67.3 Å². The summed E-state index contributed by atoms with van der Waals surface area (Å²) in [7, 11) is 0. The Labute approximate surface area is 454 Å². The molecule has 12 heteroatoms. The lowest BCUT2D eigenvalue weighted by atomic mass is 9.98. The largest absolute Gasteiger partial charge is 0.479 e. The molecule has 75 heavy (non-hydrogen) atoms. The predicted octanol–water partition coefficient (Wildman–Crippen LogP) is 15.1. The number of carbonyl (C=O) groups is 4. The highest BCUT2D eigenvalue weighted by Gasteiger charge is 2.50. The van der Waals surface area contributed by atoms with Gasteiger partial charge in [0.05, 0.1) is 6.61 Å². The summed E-state index contributed by atoms with van der Waals surface area (Å²) in [6, 6.07) is 0. The van der Waals surface area contributed by atoms with E-state index in [1.165, 1.54) is 57.8 Å². The normalized spacial score (nSPS) is 18.8. The first-order chi connectivity index (χ1) is 36.6. The van der Waals surface area contributed by atoms with Gasteiger partial charge in [-0.2, -0.15) is 0 Å². The van der Waals surface area contributed by atoms with Crippen LogP contribution in [-0.2, 0) is 42.9 Å². The molecule has 1 saturated heterocycles. The SMILES string of the molecule is CC/C=C\C/C=C\C/C=C\CCCCCC(=O)OC(COC(=O)CCCCCCCCCCC/C=C\C/C=C\CCCCC)COC1OC(C(=O)O)C(O)C(O)C1OC(=O)CCCCCCC/C=C\C/C=C\CCC. The number of esters is 3. The zero-order valence-corrected chi connectivity index (χ0v) is 47.0. The fraction of sp³-hybridized carbons (Fsp3) is 0.714. The zero-order valence-electron chi connectivity index (χ0n) is 47.0. The van der Waals surface area contributed by atoms with Crippen LogP contribution >= 0.6 is 0 Å². The second-order valence-electron chi connectivity index (χ2n) is 19.9. The van der Waals surface area contributed by atoms with Crippen LogP contribution in [0.4, 0.5) is 0 Å². The maximum atomic E-state index is 13.1. The van der Waals surface area contributed by atoms with Crippen LogP contribution in [0.3, 0.4) is 0 Å². The molecule has 1 fully saturated rings. The van der Waals surface area contributed by atoms with E-state index in [1.54, 1.807) is 0 Å². The Hall–Kier alpha value is -4.10. The molecular formula is C63H104O12. The summed E-state index contributed by atoms with van der Waals surface area (Å²) >= 11 is 0. The number of unbranched alkanes of at least 4 members (excludes halogenated alkanes) is 21. The van der Waals surface area contributed by atoms with Crippen LogP contribution in [0.25, 0.3) is 0 Å². The third kappa shape index (κ3) is 40.8. The number of hydrogen-bond acceptors (Lipinski definition) is 11. The molecule has 0 aromatic rings. The predicted molar refractivity (Wildman–Crippen MR) is 303 cm³/mol. The highest BCUT2D eigenvalue weighted by molar-refractivity contribution is 5.74. The lowest BCUT2D eigenvalue weighted by Gasteiger charge is -2.40. The van der Waals surface area contributed by atoms with Crippen molar-refractivity contribution in [2.24, 2.45) is 0 Å². The molecule has 1 aliphatic rings. The third-order valence-electron chi connectivity index (χ3n) is 12.9. The van der Waals surface area contributed by atoms with Gasteiger partial charge in [-0.25, -0.2) is 4.79 Å². The number of aliphatic hydroxyl groups is 2. The molecule has 0 amide bonds. The summed E-state index contributed by atoms with van der Waals surface area (Å²) in [5, 5.41) is 31.4. The summed E-state index contributed by atoms with van der Waals surface area (Å²) in [5.41, 5.74) is 0. The number of hydrogen-bond donors (Lipinski definition) is 3. The molecule has 0 aliphatic carbocycles. The molecule has 1 aliphatic heterocycles. The van der Waals surface area contributed by atoms with Crippen LogP contribution in [0.1, 0.15) is 239 Å². The zero-order chi connectivity index (χ0) is 54.7. The van der Waals surface area contributed by atoms with Gasteiger partial charge in [0.25, 0.3) is 0 Å². The Bertz CT molecular complexity index is 1630. The number of allylic oxidation sites excluding steroid dienone is 14. The highest BCUT2D eigenvalue weighted by Crippen LogP contribution is 2.26. The highest BCUT2D eigenvalue weighted by atomic mass is 16.7. The summed E-state index contributed by atoms with van der Waals surface area (Å²) in [5.74, 6) is -3.19. The van der Waals surface area contributed by atoms with Crippen LogP contribution in [0.5, 0.6) is 0 Å². The fourth-order valence-corrected chi connectivity index (χ4v) is 8.39. The van der Waals surface area contributed by atoms with Crippen molar-refractivity contribution in [1.82, 2.24) is 0 Å². The van der Waals surface area contributed by atoms with E-state index in [2.05, 4.69) is 106 Å². The van der Waals surface area contributed by atoms with Crippen molar-refractivity contribution >= 4 is 23.9 Å². The number of ether oxygens (including phenoxy) is 5. The van der Waals surface area contributed by atoms with Crippen molar-refractivity contribution < 1.29 is 58.2 Å². The van der Waals surface area contributed by atoms with Crippen LogP contribution in [0.2, 0.25) is 0 Å². The molecule has 0 saturated carbocycles. The fourth-order valence-electron chi connectivity index (χ4n) is 8.39. The van der Waals surface area contributed by atoms with Crippen molar-refractivity contribution in [2.45, 2.75) is 276 Å². The summed E-state index contributed by atoms with van der Waals surface area (Å²) in [4.78, 5) is 51.1. The van der Waals surface area contributed by atoms with Gasteiger partial charge in [-0.05, 0) is 109 Å². The van der Waals surface area contributed by atoms with Gasteiger partial charge in [0, 0.05) is 19.3 Å². The Morgan fingerprint density at radius 3 is 1.35 bits per heavy atom. The summed E-state index contributed by atoms with van der Waals surface area (Å²) in [6.07, 6.45) is 52.7. The number of carboxylic acid groups (broad SMARTS) is 1. The van der Waals surface area contributed by atoms with Crippen molar-refractivity contribution in [3.8, 4) is 0 Å². The summed E-state index contributed by atoms with van der Waals surface area (Å²) < 4.78 is 28.4. The minimum absolute atomic E-state index is 0.0374. The van der Waals surface area contributed by atoms with Crippen LogP contribution in [-0.4, -0.2) is 89.2 Å². The Morgan fingerprint density at radius 2 is 0.867 bits per heavy atom. The van der Waals surface area contributed by atoms with E-state index in [0.29, 0.717) is 19.3 Å². The number of carboxylic acids is 1. The molecule has 0 radical (unpaired) electrons. The van der Waals surface area contributed by atoms with Gasteiger partial charge in [-0.3, -0.25) is 14.4 Å². The summed E-state index contributed by atoms with van der Waals surface area (Å²) in [6.45, 7) is 5.75. The smallest absolute Gasteiger partial charge is 0.335 e. The van der Waals surface area contributed by atoms with Crippen LogP contribution in [0, 0.1) is 0 Å². The monoisotopic (exact) mass is 1050 g/mol. The van der Waals surface area contributed by atoms with Gasteiger partial charge in [0.1, 0.15) is 18.8 Å². The van der Waals surface area contributed by atoms with E-state index in [1.807, 2.05) is 0 Å². The number of aliphatic hydroxyl groups excluding tert-OH is 2. The topological polar surface area (TPSA) is 175 Å². The molecule has 1 heterocycles. The van der Waals surface area contributed by atoms with Crippen molar-refractivity contribution in [1.29, 1.82) is 0 Å². The first-order valence-electron chi connectivity index (χ1n) is 29.6. The molecule has 0 aromatic carbocycles. The maximum Gasteiger partial charge on any atom is 0.335 e. The van der Waals surface area contributed by atoms with Crippen molar-refractivity contribution in [3.63, 3.8) is 0 Å². The van der Waals surface area contributed by atoms with E-state index in [4.69, 9.17) is 23.7 Å². The molecule has 3 N–H and O–H groups in total. The molecule has 428 valence electrons. The van der Waals surface area contributed by atoms with Crippen molar-refractivity contribution in [2.75, 3.05) is 13.2 Å². The molecule has 0 bridgehead atoms. The Morgan fingerprint density at radius 1 is 0.453 bits per heavy atom. The first-order valence-corrected chi connectivity index (χ1v) is 29.6. The quantitative estimate of drug-likeness (QED) is 0.0228. The van der Waals surface area contributed by atoms with Gasteiger partial charge in [0.2, 0.25) is 0 Å².